The number of benzene rings is 2. The number of amides is 1. The number of ether oxygens (including phenoxy) is 1. The van der Waals surface area contributed by atoms with Crippen LogP contribution in [0.1, 0.15) is 37.7 Å². The Morgan fingerprint density at radius 2 is 2.06 bits per heavy atom. The molecule has 1 aliphatic heterocycles. The second-order valence-electron chi connectivity index (χ2n) is 8.69. The van der Waals surface area contributed by atoms with Gasteiger partial charge in [-0.2, -0.15) is 0 Å². The van der Waals surface area contributed by atoms with Crippen LogP contribution in [0.25, 0.3) is 22.0 Å². The van der Waals surface area contributed by atoms with Crippen LogP contribution in [0.2, 0.25) is 5.02 Å². The molecule has 2 fully saturated rings. The number of rotatable bonds is 5. The molecule has 1 atom stereocenters. The summed E-state index contributed by atoms with van der Waals surface area (Å²) in [7, 11) is 0. The molecule has 1 aromatic heterocycles. The molecular formula is C25H24ClIN5O3-. The van der Waals surface area contributed by atoms with E-state index in [9.17, 15) is 14.9 Å². The third kappa shape index (κ3) is 5.29. The number of fused-ring (bicyclic) bond motifs is 1. The fraction of sp³-hybridized carbons (Fsp3) is 0.360. The van der Waals surface area contributed by atoms with E-state index in [4.69, 9.17) is 16.3 Å². The molecule has 2 aliphatic rings. The van der Waals surface area contributed by atoms with Crippen molar-refractivity contribution in [2.24, 2.45) is 0 Å². The zero-order valence-electron chi connectivity index (χ0n) is 18.9. The summed E-state index contributed by atoms with van der Waals surface area (Å²) in [5, 5.41) is 21.2. The summed E-state index contributed by atoms with van der Waals surface area (Å²) in [6.45, 7) is 1.86. The SMILES string of the molecule is N#Cc1ccc(Cl)c(-c2ccc3c(c2)c(NC(=O)[I-]C2CCCNC2)nn3C(=O)OC2CCC2)c1. The van der Waals surface area contributed by atoms with Gasteiger partial charge in [0.15, 0.2) is 0 Å². The standard InChI is InChI=1S/C25H24ClIN5O3/c26-21-8-6-15(13-28)11-19(21)16-7-9-22-20(12-16)23(30-24(33)27-17-3-2-10-29-14-17)31-32(22)25(34)35-18-4-1-5-18/h6-9,11-12,17-18,29H,1-5,10,14H2,(H,30,31,33)/q-1. The summed E-state index contributed by atoms with van der Waals surface area (Å²) in [4.78, 5) is 25.8. The Morgan fingerprint density at radius 3 is 2.77 bits per heavy atom. The third-order valence-electron chi connectivity index (χ3n) is 6.29. The van der Waals surface area contributed by atoms with E-state index in [0.717, 1.165) is 50.8 Å². The molecular weight excluding hydrogens is 581 g/mol. The summed E-state index contributed by atoms with van der Waals surface area (Å²) in [5.41, 5.74) is 2.48. The molecule has 1 aliphatic carbocycles. The van der Waals surface area contributed by atoms with E-state index < -0.39 is 27.3 Å². The van der Waals surface area contributed by atoms with Gasteiger partial charge in [-0.05, 0) is 0 Å². The predicted molar refractivity (Wildman–Crippen MR) is 129 cm³/mol. The number of nitrogens with zero attached hydrogens (tertiary/aromatic N) is 3. The van der Waals surface area contributed by atoms with Crippen molar-refractivity contribution in [2.45, 2.75) is 42.1 Å². The number of nitrogens with one attached hydrogen (secondary N) is 2. The van der Waals surface area contributed by atoms with Crippen molar-refractivity contribution in [3.63, 3.8) is 0 Å². The second kappa shape index (κ2) is 10.5. The van der Waals surface area contributed by atoms with E-state index >= 15 is 0 Å². The second-order valence-corrected chi connectivity index (χ2v) is 12.5. The van der Waals surface area contributed by atoms with E-state index in [1.165, 1.54) is 4.68 Å². The van der Waals surface area contributed by atoms with Crippen molar-refractivity contribution in [2.75, 3.05) is 18.4 Å². The quantitative estimate of drug-likeness (QED) is 0.200. The predicted octanol–water partition coefficient (Wildman–Crippen LogP) is 2.14. The number of alkyl halides is 1. The van der Waals surface area contributed by atoms with Crippen LogP contribution in [0.5, 0.6) is 0 Å². The summed E-state index contributed by atoms with van der Waals surface area (Å²) in [5.74, 6) is 0.327. The van der Waals surface area contributed by atoms with Crippen molar-refractivity contribution >= 4 is 38.3 Å². The van der Waals surface area contributed by atoms with Gasteiger partial charge in [-0.25, -0.2) is 0 Å². The molecule has 3 aromatic rings. The number of carbonyl (C=O) groups excluding carboxylic acids is 2. The summed E-state index contributed by atoms with van der Waals surface area (Å²) in [6.07, 6.45) is 4.24. The van der Waals surface area contributed by atoms with E-state index in [1.807, 2.05) is 12.1 Å². The van der Waals surface area contributed by atoms with E-state index in [0.29, 0.717) is 36.8 Å². The van der Waals surface area contributed by atoms with Crippen molar-refractivity contribution in [3.8, 4) is 17.2 Å². The molecule has 8 nitrogen and oxygen atoms in total. The molecule has 2 N–H and O–H groups in total. The van der Waals surface area contributed by atoms with Crippen LogP contribution in [-0.2, 0) is 4.74 Å². The average Bonchev–Trinajstić information content (AvgIpc) is 3.19. The number of nitriles is 1. The normalized spacial score (nSPS) is 18.1. The third-order valence-corrected chi connectivity index (χ3v) is 9.39. The first kappa shape index (κ1) is 24.0. The van der Waals surface area contributed by atoms with Gasteiger partial charge in [0.1, 0.15) is 0 Å². The van der Waals surface area contributed by atoms with Crippen LogP contribution in [0.15, 0.2) is 36.4 Å². The monoisotopic (exact) mass is 604 g/mol. The van der Waals surface area contributed by atoms with Gasteiger partial charge in [0.05, 0.1) is 0 Å². The number of carbonyl (C=O) groups is 2. The molecule has 1 unspecified atom stereocenters. The summed E-state index contributed by atoms with van der Waals surface area (Å²) >= 11 is 5.68. The number of hydrogen-bond acceptors (Lipinski definition) is 6. The van der Waals surface area contributed by atoms with Crippen LogP contribution in [0, 0.1) is 11.3 Å². The molecule has 1 saturated carbocycles. The Hall–Kier alpha value is -2.68. The summed E-state index contributed by atoms with van der Waals surface area (Å²) in [6, 6.07) is 12.6. The van der Waals surface area contributed by atoms with Gasteiger partial charge in [-0.1, -0.05) is 0 Å². The minimum atomic E-state index is -0.756. The van der Waals surface area contributed by atoms with E-state index in [2.05, 4.69) is 21.8 Å². The zero-order valence-corrected chi connectivity index (χ0v) is 21.8. The van der Waals surface area contributed by atoms with Crippen LogP contribution < -0.4 is 31.8 Å². The van der Waals surface area contributed by atoms with Gasteiger partial charge in [0.2, 0.25) is 0 Å². The van der Waals surface area contributed by atoms with Crippen LogP contribution in [0.4, 0.5) is 15.4 Å². The molecule has 0 spiro atoms. The zero-order chi connectivity index (χ0) is 24.4. The van der Waals surface area contributed by atoms with Crippen molar-refractivity contribution in [1.82, 2.24) is 15.1 Å². The van der Waals surface area contributed by atoms with Crippen molar-refractivity contribution in [1.29, 1.82) is 5.26 Å². The minimum absolute atomic E-state index is 0.0358. The Labute approximate surface area is 218 Å². The Balaban J connectivity index is 1.50. The maximum atomic E-state index is 12.9. The fourth-order valence-electron chi connectivity index (χ4n) is 4.18. The van der Waals surface area contributed by atoms with Gasteiger partial charge in [0.25, 0.3) is 0 Å². The topological polar surface area (TPSA) is 109 Å². The van der Waals surface area contributed by atoms with Gasteiger partial charge in [-0.15, -0.1) is 0 Å². The van der Waals surface area contributed by atoms with E-state index in [-0.39, 0.29) is 10.0 Å². The molecule has 1 saturated heterocycles. The molecule has 2 aromatic carbocycles. The first-order chi connectivity index (χ1) is 17.0. The molecule has 0 radical (unpaired) electrons. The molecule has 10 heteroatoms. The molecule has 0 bridgehead atoms. The maximum absolute atomic E-state index is 12.9. The van der Waals surface area contributed by atoms with Crippen molar-refractivity contribution < 1.29 is 35.5 Å². The van der Waals surface area contributed by atoms with Gasteiger partial charge >= 0.3 is 219 Å². The first-order valence-corrected chi connectivity index (χ1v) is 14.3. The molecule has 182 valence electrons. The first-order valence-electron chi connectivity index (χ1n) is 11.6. The van der Waals surface area contributed by atoms with E-state index in [1.54, 1.807) is 24.3 Å². The number of anilines is 1. The van der Waals surface area contributed by atoms with Crippen LogP contribution in [-0.4, -0.2) is 42.9 Å². The molecule has 35 heavy (non-hydrogen) atoms. The molecule has 2 heterocycles. The Morgan fingerprint density at radius 1 is 1.20 bits per heavy atom. The van der Waals surface area contributed by atoms with Crippen LogP contribution >= 0.6 is 11.6 Å². The molecule has 1 amide bonds. The van der Waals surface area contributed by atoms with Gasteiger partial charge < -0.3 is 0 Å². The Kier molecular flexibility index (Phi) is 7.22. The average molecular weight is 605 g/mol. The molecule has 5 rings (SSSR count). The summed E-state index contributed by atoms with van der Waals surface area (Å²) < 4.78 is 7.14. The van der Waals surface area contributed by atoms with Gasteiger partial charge in [0, 0.05) is 0 Å². The van der Waals surface area contributed by atoms with Gasteiger partial charge in [-0.3, -0.25) is 0 Å². The number of aromatic nitrogens is 2. The van der Waals surface area contributed by atoms with Crippen molar-refractivity contribution in [3.05, 3.63) is 47.0 Å². The number of piperidine rings is 1. The number of halogens is 2. The Bertz CT molecular complexity index is 1320. The fourth-order valence-corrected chi connectivity index (χ4v) is 6.90. The van der Waals surface area contributed by atoms with Crippen LogP contribution in [0.3, 0.4) is 0 Å². The number of hydrogen-bond donors (Lipinski definition) is 2.